The van der Waals surface area contributed by atoms with Crippen molar-refractivity contribution in [2.45, 2.75) is 20.3 Å². The fraction of sp³-hybridized carbons (Fsp3) is 0.545. The minimum Gasteiger partial charge on any atom is -0.330 e. The molecule has 0 aromatic carbocycles. The maximum atomic E-state index is 8.98. The summed E-state index contributed by atoms with van der Waals surface area (Å²) in [6, 6.07) is 2.19. The van der Waals surface area contributed by atoms with Crippen LogP contribution in [0.4, 0.5) is 0 Å². The van der Waals surface area contributed by atoms with Crippen molar-refractivity contribution >= 4 is 5.71 Å². The van der Waals surface area contributed by atoms with Gasteiger partial charge in [-0.1, -0.05) is 6.92 Å². The number of nitriles is 1. The summed E-state index contributed by atoms with van der Waals surface area (Å²) in [4.78, 5) is 7.78. The number of rotatable bonds is 2. The van der Waals surface area contributed by atoms with Gasteiger partial charge in [0.1, 0.15) is 0 Å². The van der Waals surface area contributed by atoms with E-state index in [0.29, 0.717) is 18.7 Å². The maximum Gasteiger partial charge on any atom is 0.190 e. The molecular formula is C11H14N4. The maximum absolute atomic E-state index is 8.98. The van der Waals surface area contributed by atoms with Crippen molar-refractivity contribution < 1.29 is 0 Å². The first kappa shape index (κ1) is 11.4. The van der Waals surface area contributed by atoms with Crippen molar-refractivity contribution in [3.63, 3.8) is 0 Å². The topological polar surface area (TPSA) is 66.5 Å². The highest BCUT2D eigenvalue weighted by molar-refractivity contribution is 5.89. The number of allylic oxidation sites excluding steroid dienone is 1. The molecule has 0 spiro atoms. The number of hydrogen-bond donors (Lipinski definition) is 1. The molecule has 78 valence electrons. The van der Waals surface area contributed by atoms with Gasteiger partial charge in [-0.05, 0) is 19.9 Å². The van der Waals surface area contributed by atoms with Gasteiger partial charge in [-0.3, -0.25) is 4.99 Å². The van der Waals surface area contributed by atoms with E-state index in [1.807, 2.05) is 13.8 Å². The lowest BCUT2D eigenvalue weighted by molar-refractivity contribution is 0.598. The first-order valence-corrected chi connectivity index (χ1v) is 4.91. The molecule has 1 aliphatic heterocycles. The molecule has 0 bridgehead atoms. The van der Waals surface area contributed by atoms with Crippen molar-refractivity contribution in [2.75, 3.05) is 6.54 Å². The molecule has 2 atom stereocenters. The Morgan fingerprint density at radius 1 is 1.67 bits per heavy atom. The molecule has 1 unspecified atom stereocenters. The molecule has 1 aliphatic rings. The Morgan fingerprint density at radius 2 is 2.33 bits per heavy atom. The summed E-state index contributed by atoms with van der Waals surface area (Å²) in [5, 5.41) is 8.98. The summed E-state index contributed by atoms with van der Waals surface area (Å²) in [6.07, 6.45) is 0.609. The Bertz CT molecular complexity index is 392. The third-order valence-corrected chi connectivity index (χ3v) is 2.63. The van der Waals surface area contributed by atoms with Crippen molar-refractivity contribution in [1.82, 2.24) is 0 Å². The summed E-state index contributed by atoms with van der Waals surface area (Å²) < 4.78 is 0. The normalized spacial score (nSPS) is 25.5. The molecule has 0 aromatic heterocycles. The Morgan fingerprint density at radius 3 is 2.80 bits per heavy atom. The van der Waals surface area contributed by atoms with E-state index < -0.39 is 0 Å². The van der Waals surface area contributed by atoms with Crippen molar-refractivity contribution in [3.8, 4) is 6.07 Å². The number of aliphatic imine (C=N–C) groups is 1. The molecule has 0 saturated carbocycles. The van der Waals surface area contributed by atoms with Crippen molar-refractivity contribution in [2.24, 2.45) is 22.6 Å². The van der Waals surface area contributed by atoms with Gasteiger partial charge in [-0.25, -0.2) is 4.85 Å². The Balaban J connectivity index is 3.15. The van der Waals surface area contributed by atoms with Crippen LogP contribution in [0.1, 0.15) is 20.3 Å². The monoisotopic (exact) mass is 202 g/mol. The van der Waals surface area contributed by atoms with Crippen LogP contribution in [0.3, 0.4) is 0 Å². The lowest BCUT2D eigenvalue weighted by atomic mass is 9.85. The molecule has 0 aromatic rings. The van der Waals surface area contributed by atoms with E-state index in [-0.39, 0.29) is 11.8 Å². The van der Waals surface area contributed by atoms with Crippen molar-refractivity contribution in [3.05, 3.63) is 22.8 Å². The van der Waals surface area contributed by atoms with Crippen LogP contribution < -0.4 is 5.73 Å². The lowest BCUT2D eigenvalue weighted by Gasteiger charge is -2.23. The molecule has 0 radical (unpaired) electrons. The van der Waals surface area contributed by atoms with Crippen LogP contribution in [0.5, 0.6) is 0 Å². The zero-order valence-electron chi connectivity index (χ0n) is 8.99. The third-order valence-electron chi connectivity index (χ3n) is 2.63. The average Bonchev–Trinajstić information content (AvgIpc) is 2.19. The standard InChI is InChI=1S/C11H14N4/c1-7-9(6-13)8(2)15-10(4-5-12)11(7)14-3/h7,9H,4-5,12H2,1-2H3/t7-,9?/m1/s1. The predicted octanol–water partition coefficient (Wildman–Crippen LogP) is 1.72. The highest BCUT2D eigenvalue weighted by Crippen LogP contribution is 2.31. The minimum atomic E-state index is -0.268. The van der Waals surface area contributed by atoms with E-state index in [4.69, 9.17) is 17.6 Å². The third kappa shape index (κ3) is 2.06. The second-order valence-corrected chi connectivity index (χ2v) is 3.63. The van der Waals surface area contributed by atoms with Crippen LogP contribution >= 0.6 is 0 Å². The van der Waals surface area contributed by atoms with E-state index in [1.54, 1.807) is 0 Å². The van der Waals surface area contributed by atoms with Crippen LogP contribution in [0.25, 0.3) is 4.85 Å². The minimum absolute atomic E-state index is 0.0634. The van der Waals surface area contributed by atoms with E-state index in [9.17, 15) is 0 Å². The zero-order valence-corrected chi connectivity index (χ0v) is 8.99. The predicted molar refractivity (Wildman–Crippen MR) is 58.7 cm³/mol. The summed E-state index contributed by atoms with van der Waals surface area (Å²) in [5.74, 6) is -0.331. The van der Waals surface area contributed by atoms with Crippen LogP contribution in [-0.4, -0.2) is 12.3 Å². The highest BCUT2D eigenvalue weighted by Gasteiger charge is 2.30. The smallest absolute Gasteiger partial charge is 0.190 e. The molecule has 1 heterocycles. The largest absolute Gasteiger partial charge is 0.330 e. The summed E-state index contributed by atoms with van der Waals surface area (Å²) >= 11 is 0. The zero-order chi connectivity index (χ0) is 11.4. The van der Waals surface area contributed by atoms with Gasteiger partial charge in [0.15, 0.2) is 5.70 Å². The van der Waals surface area contributed by atoms with Gasteiger partial charge in [-0.2, -0.15) is 5.26 Å². The summed E-state index contributed by atoms with van der Waals surface area (Å²) in [6.45, 7) is 11.3. The lowest BCUT2D eigenvalue weighted by Crippen LogP contribution is -2.24. The number of nitrogens with two attached hydrogens (primary N) is 1. The molecule has 0 amide bonds. The molecule has 4 nitrogen and oxygen atoms in total. The molecule has 15 heavy (non-hydrogen) atoms. The fourth-order valence-corrected chi connectivity index (χ4v) is 1.81. The van der Waals surface area contributed by atoms with Gasteiger partial charge in [0.05, 0.1) is 18.6 Å². The SMILES string of the molecule is [C-]#[N+]C1=C(CCN)N=C(C)C(C#N)[C@H]1C. The molecule has 0 aliphatic carbocycles. The highest BCUT2D eigenvalue weighted by atomic mass is 14.9. The van der Waals surface area contributed by atoms with Gasteiger partial charge in [0, 0.05) is 17.3 Å². The van der Waals surface area contributed by atoms with Crippen LogP contribution in [0.15, 0.2) is 16.4 Å². The molecule has 0 saturated heterocycles. The van der Waals surface area contributed by atoms with E-state index in [2.05, 4.69) is 15.9 Å². The fourth-order valence-electron chi connectivity index (χ4n) is 1.81. The number of hydrogen-bond acceptors (Lipinski definition) is 3. The summed E-state index contributed by atoms with van der Waals surface area (Å²) in [5.41, 5.74) is 7.60. The molecule has 2 N–H and O–H groups in total. The van der Waals surface area contributed by atoms with Gasteiger partial charge in [0.25, 0.3) is 0 Å². The first-order chi connectivity index (χ1) is 7.15. The van der Waals surface area contributed by atoms with E-state index >= 15 is 0 Å². The van der Waals surface area contributed by atoms with Crippen molar-refractivity contribution in [1.29, 1.82) is 5.26 Å². The Labute approximate surface area is 89.9 Å². The van der Waals surface area contributed by atoms with Gasteiger partial charge < -0.3 is 5.73 Å². The van der Waals surface area contributed by atoms with Crippen LogP contribution in [0, 0.1) is 29.7 Å². The quantitative estimate of drug-likeness (QED) is 0.693. The summed E-state index contributed by atoms with van der Waals surface area (Å²) in [7, 11) is 0. The second-order valence-electron chi connectivity index (χ2n) is 3.63. The average molecular weight is 202 g/mol. The van der Waals surface area contributed by atoms with Gasteiger partial charge in [0.2, 0.25) is 0 Å². The van der Waals surface area contributed by atoms with E-state index in [0.717, 1.165) is 11.4 Å². The molecule has 4 heteroatoms. The second kappa shape index (κ2) is 4.72. The molecule has 1 rings (SSSR count). The number of nitrogens with zero attached hydrogens (tertiary/aromatic N) is 3. The van der Waals surface area contributed by atoms with Gasteiger partial charge in [-0.15, -0.1) is 0 Å². The Hall–Kier alpha value is -1.65. The van der Waals surface area contributed by atoms with Crippen LogP contribution in [-0.2, 0) is 0 Å². The molecular weight excluding hydrogens is 188 g/mol. The van der Waals surface area contributed by atoms with Crippen LogP contribution in [0.2, 0.25) is 0 Å². The molecule has 0 fully saturated rings. The van der Waals surface area contributed by atoms with Gasteiger partial charge >= 0.3 is 0 Å². The Kier molecular flexibility index (Phi) is 3.60. The first-order valence-electron chi connectivity index (χ1n) is 4.91. The van der Waals surface area contributed by atoms with E-state index in [1.165, 1.54) is 0 Å².